The molecule has 10 heteroatoms. The number of carbonyl (C=O) groups excluding carboxylic acids is 2. The highest BCUT2D eigenvalue weighted by molar-refractivity contribution is 6.00. The van der Waals surface area contributed by atoms with Gasteiger partial charge in [-0.25, -0.2) is 4.79 Å². The van der Waals surface area contributed by atoms with Crippen molar-refractivity contribution in [1.82, 2.24) is 0 Å². The van der Waals surface area contributed by atoms with E-state index in [1.54, 1.807) is 18.2 Å². The number of esters is 1. The van der Waals surface area contributed by atoms with Crippen LogP contribution in [-0.2, 0) is 24.0 Å². The molecule has 222 valence electrons. The van der Waals surface area contributed by atoms with E-state index in [1.807, 2.05) is 13.8 Å². The van der Waals surface area contributed by atoms with Gasteiger partial charge >= 0.3 is 11.9 Å². The Balaban J connectivity index is 2.41. The predicted molar refractivity (Wildman–Crippen MR) is 150 cm³/mol. The van der Waals surface area contributed by atoms with Gasteiger partial charge in [-0.3, -0.25) is 9.59 Å². The van der Waals surface area contributed by atoms with Gasteiger partial charge in [-0.2, -0.15) is 5.26 Å². The van der Waals surface area contributed by atoms with E-state index in [4.69, 9.17) is 20.4 Å². The number of aliphatic carboxylic acids is 1. The van der Waals surface area contributed by atoms with Crippen LogP contribution < -0.4 is 5.73 Å². The highest BCUT2D eigenvalue weighted by Gasteiger charge is 2.38. The number of aliphatic hydroxyl groups excluding tert-OH is 1. The number of aliphatic hydroxyl groups is 1. The molecule has 0 saturated heterocycles. The van der Waals surface area contributed by atoms with Crippen LogP contribution in [0.25, 0.3) is 0 Å². The zero-order valence-corrected chi connectivity index (χ0v) is 24.1. The molecule has 1 aliphatic carbocycles. The topological polar surface area (TPSA) is 172 Å². The third-order valence-corrected chi connectivity index (χ3v) is 8.06. The molecule has 0 bridgehead atoms. The lowest BCUT2D eigenvalue weighted by Crippen LogP contribution is -2.36. The lowest BCUT2D eigenvalue weighted by Gasteiger charge is -2.27. The van der Waals surface area contributed by atoms with Crippen LogP contribution in [0.15, 0.2) is 29.0 Å². The van der Waals surface area contributed by atoms with Crippen molar-refractivity contribution in [2.24, 2.45) is 46.4 Å². The Morgan fingerprint density at radius 1 is 1.18 bits per heavy atom. The summed E-state index contributed by atoms with van der Waals surface area (Å²) in [6, 6.07) is 2.11. The lowest BCUT2D eigenvalue weighted by atomic mass is 9.82. The van der Waals surface area contributed by atoms with Gasteiger partial charge < -0.3 is 25.5 Å². The van der Waals surface area contributed by atoms with Gasteiger partial charge in [-0.15, -0.1) is 0 Å². The Bertz CT molecular complexity index is 1020. The molecule has 1 saturated carbocycles. The molecular formula is C30H45N3O7. The quantitative estimate of drug-likeness (QED) is 0.333. The predicted octanol–water partition coefficient (Wildman–Crippen LogP) is 4.13. The Kier molecular flexibility index (Phi) is 13.3. The molecule has 1 aliphatic heterocycles. The summed E-state index contributed by atoms with van der Waals surface area (Å²) in [5, 5.41) is 33.5. The summed E-state index contributed by atoms with van der Waals surface area (Å²) in [5.74, 6) is -2.58. The molecular weight excluding hydrogens is 514 g/mol. The van der Waals surface area contributed by atoms with Crippen molar-refractivity contribution in [2.75, 3.05) is 6.61 Å². The second-order valence-corrected chi connectivity index (χ2v) is 11.7. The van der Waals surface area contributed by atoms with Gasteiger partial charge in [0, 0.05) is 18.3 Å². The number of nitrogens with zero attached hydrogens (tertiary/aromatic N) is 2. The van der Waals surface area contributed by atoms with Crippen LogP contribution in [0.3, 0.4) is 0 Å². The van der Waals surface area contributed by atoms with Crippen LogP contribution in [0.1, 0.15) is 79.1 Å². The van der Waals surface area contributed by atoms with Gasteiger partial charge in [0.15, 0.2) is 0 Å². The molecule has 2 rings (SSSR count). The van der Waals surface area contributed by atoms with Crippen LogP contribution in [-0.4, -0.2) is 52.6 Å². The van der Waals surface area contributed by atoms with E-state index in [9.17, 15) is 24.8 Å². The molecule has 8 atom stereocenters. The zero-order valence-electron chi connectivity index (χ0n) is 24.1. The van der Waals surface area contributed by atoms with Gasteiger partial charge in [-0.1, -0.05) is 51.4 Å². The van der Waals surface area contributed by atoms with Crippen molar-refractivity contribution in [3.8, 4) is 6.07 Å². The van der Waals surface area contributed by atoms with Crippen LogP contribution in [0.2, 0.25) is 0 Å². The number of primary amides is 1. The van der Waals surface area contributed by atoms with E-state index >= 15 is 0 Å². The van der Waals surface area contributed by atoms with Crippen molar-refractivity contribution in [1.29, 1.82) is 5.26 Å². The van der Waals surface area contributed by atoms with Crippen molar-refractivity contribution >= 4 is 23.6 Å². The highest BCUT2D eigenvalue weighted by Crippen LogP contribution is 2.37. The van der Waals surface area contributed by atoms with Crippen LogP contribution in [0.5, 0.6) is 0 Å². The average molecular weight is 560 g/mol. The third-order valence-electron chi connectivity index (χ3n) is 8.06. The maximum atomic E-state index is 13.2. The molecule has 0 aromatic rings. The van der Waals surface area contributed by atoms with Gasteiger partial charge in [0.1, 0.15) is 6.10 Å². The van der Waals surface area contributed by atoms with Crippen LogP contribution in [0.4, 0.5) is 0 Å². The lowest BCUT2D eigenvalue weighted by molar-refractivity contribution is -0.152. The highest BCUT2D eigenvalue weighted by atomic mass is 16.6. The number of hydrogen-bond acceptors (Lipinski definition) is 8. The SMILES string of the molecule is CC1CC(C)CC(C)C(O)/C(C#N)=C/C=C/CC(C2CCCC2C(N)=O)OC(=O)C/C(=N\OCC(=O)O)C(C)C1. The fourth-order valence-corrected chi connectivity index (χ4v) is 6.20. The molecule has 4 N–H and O–H groups in total. The summed E-state index contributed by atoms with van der Waals surface area (Å²) in [5.41, 5.74) is 6.33. The van der Waals surface area contributed by atoms with Gasteiger partial charge in [0.05, 0.1) is 29.9 Å². The van der Waals surface area contributed by atoms with Gasteiger partial charge in [0.2, 0.25) is 12.5 Å². The molecule has 0 aromatic carbocycles. The fraction of sp³-hybridized carbons (Fsp3) is 0.700. The summed E-state index contributed by atoms with van der Waals surface area (Å²) >= 11 is 0. The molecule has 10 nitrogen and oxygen atoms in total. The minimum Gasteiger partial charge on any atom is -0.479 e. The smallest absolute Gasteiger partial charge is 0.344 e. The number of carboxylic acids is 1. The molecule has 1 heterocycles. The van der Waals surface area contributed by atoms with Crippen molar-refractivity contribution in [2.45, 2.75) is 91.3 Å². The van der Waals surface area contributed by atoms with Crippen molar-refractivity contribution in [3.63, 3.8) is 0 Å². The van der Waals surface area contributed by atoms with Crippen molar-refractivity contribution in [3.05, 3.63) is 23.8 Å². The van der Waals surface area contributed by atoms with E-state index < -0.39 is 42.6 Å². The third kappa shape index (κ3) is 10.4. The van der Waals surface area contributed by atoms with E-state index in [-0.39, 0.29) is 41.6 Å². The fourth-order valence-electron chi connectivity index (χ4n) is 6.20. The minimum absolute atomic E-state index is 0.122. The zero-order chi connectivity index (χ0) is 29.8. The maximum absolute atomic E-state index is 13.2. The second kappa shape index (κ2) is 16.2. The maximum Gasteiger partial charge on any atom is 0.344 e. The Labute approximate surface area is 237 Å². The van der Waals surface area contributed by atoms with Gasteiger partial charge in [-0.05, 0) is 61.9 Å². The number of nitrogens with two attached hydrogens (primary N) is 1. The molecule has 0 aromatic heterocycles. The molecule has 2 aliphatic rings. The molecule has 1 amide bonds. The number of nitriles is 1. The Morgan fingerprint density at radius 2 is 1.88 bits per heavy atom. The molecule has 8 unspecified atom stereocenters. The summed E-state index contributed by atoms with van der Waals surface area (Å²) in [4.78, 5) is 41.3. The standard InChI is InChI=1S/C30H45N3O7/c1-18-12-19(2)14-21(4)29(37)22(16-31)8-5-6-11-26(23-9-7-10-24(23)30(32)38)40-28(36)15-25(20(3)13-18)33-39-17-27(34)35/h5-6,8,18-21,23-24,26,29,37H,7,9-15,17H2,1-4H3,(H2,32,38)(H,34,35)/b6-5+,22-8+,33-25+. The minimum atomic E-state index is -1.17. The molecule has 1 fully saturated rings. The Morgan fingerprint density at radius 3 is 2.52 bits per heavy atom. The number of carboxylic acid groups (broad SMARTS) is 1. The van der Waals surface area contributed by atoms with E-state index in [1.165, 1.54) is 0 Å². The molecule has 0 radical (unpaired) electrons. The Hall–Kier alpha value is -3.19. The van der Waals surface area contributed by atoms with E-state index in [0.29, 0.717) is 31.4 Å². The second-order valence-electron chi connectivity index (χ2n) is 11.7. The number of hydrogen-bond donors (Lipinski definition) is 3. The van der Waals surface area contributed by atoms with Crippen LogP contribution >= 0.6 is 0 Å². The number of cyclic esters (lactones) is 1. The first kappa shape index (κ1) is 33.0. The van der Waals surface area contributed by atoms with E-state index in [0.717, 1.165) is 19.3 Å². The van der Waals surface area contributed by atoms with Crippen LogP contribution in [0, 0.1) is 46.8 Å². The first-order valence-electron chi connectivity index (χ1n) is 14.3. The largest absolute Gasteiger partial charge is 0.479 e. The van der Waals surface area contributed by atoms with Gasteiger partial charge in [0.25, 0.3) is 0 Å². The molecule has 40 heavy (non-hydrogen) atoms. The van der Waals surface area contributed by atoms with E-state index in [2.05, 4.69) is 25.1 Å². The van der Waals surface area contributed by atoms with Crippen molar-refractivity contribution < 1.29 is 34.2 Å². The summed E-state index contributed by atoms with van der Waals surface area (Å²) in [7, 11) is 0. The molecule has 0 spiro atoms. The normalized spacial score (nSPS) is 36.2. The number of rotatable bonds is 5. The summed E-state index contributed by atoms with van der Waals surface area (Å²) in [6.07, 6.45) is 8.01. The number of ether oxygens (including phenoxy) is 1. The first-order chi connectivity index (χ1) is 18.9. The number of amides is 1. The number of allylic oxidation sites excluding steroid dienone is 2. The summed E-state index contributed by atoms with van der Waals surface area (Å²) in [6.45, 7) is 7.46. The number of carbonyl (C=O) groups is 3. The summed E-state index contributed by atoms with van der Waals surface area (Å²) < 4.78 is 5.92. The monoisotopic (exact) mass is 559 g/mol. The first-order valence-corrected chi connectivity index (χ1v) is 14.3. The average Bonchev–Trinajstić information content (AvgIpc) is 3.36. The number of oxime groups is 1.